The first kappa shape index (κ1) is 13.6. The first-order chi connectivity index (χ1) is 9.00. The van der Waals surface area contributed by atoms with Crippen LogP contribution in [0.5, 0.6) is 0 Å². The number of aryl methyl sites for hydroxylation is 1. The Morgan fingerprint density at radius 1 is 1.21 bits per heavy atom. The smallest absolute Gasteiger partial charge is 0.352 e. The molecule has 1 aliphatic heterocycles. The zero-order chi connectivity index (χ0) is 14.0. The lowest BCUT2D eigenvalue weighted by atomic mass is 10.1. The number of aromatic amines is 1. The molecule has 1 fully saturated rings. The minimum atomic E-state index is -1.04. The van der Waals surface area contributed by atoms with E-state index in [2.05, 4.69) is 10.4 Å². The second kappa shape index (κ2) is 5.44. The fourth-order valence-electron chi connectivity index (χ4n) is 2.51. The second-order valence-electron chi connectivity index (χ2n) is 4.92. The number of carbonyl (C=O) groups excluding carboxylic acids is 1. The summed E-state index contributed by atoms with van der Waals surface area (Å²) < 4.78 is 0. The zero-order valence-electron chi connectivity index (χ0n) is 11.2. The van der Waals surface area contributed by atoms with Crippen molar-refractivity contribution in [1.82, 2.24) is 15.4 Å². The number of aromatic carboxylic acids is 1. The van der Waals surface area contributed by atoms with Gasteiger partial charge in [-0.3, -0.25) is 10.2 Å². The van der Waals surface area contributed by atoms with Crippen LogP contribution in [-0.4, -0.2) is 40.1 Å². The van der Waals surface area contributed by atoms with Crippen molar-refractivity contribution >= 4 is 11.9 Å². The van der Waals surface area contributed by atoms with Crippen molar-refractivity contribution in [2.24, 2.45) is 0 Å². The maximum Gasteiger partial charge on any atom is 0.352 e. The van der Waals surface area contributed by atoms with Crippen LogP contribution in [0.4, 0.5) is 0 Å². The van der Waals surface area contributed by atoms with Crippen LogP contribution in [-0.2, 0) is 0 Å². The topological polar surface area (TPSA) is 85.4 Å². The Balaban J connectivity index is 2.16. The number of hydrogen-bond acceptors (Lipinski definition) is 3. The van der Waals surface area contributed by atoms with Gasteiger partial charge in [-0.05, 0) is 32.3 Å². The summed E-state index contributed by atoms with van der Waals surface area (Å²) in [5.41, 5.74) is 4.44. The minimum Gasteiger partial charge on any atom is -0.477 e. The number of hydrogen-bond donors (Lipinski definition) is 3. The molecule has 104 valence electrons. The minimum absolute atomic E-state index is 0.0845. The lowest BCUT2D eigenvalue weighted by Crippen LogP contribution is -2.45. The number of carbonyl (C=O) groups is 2. The molecule has 0 saturated carbocycles. The highest BCUT2D eigenvalue weighted by molar-refractivity contribution is 6.00. The largest absolute Gasteiger partial charge is 0.477 e. The van der Waals surface area contributed by atoms with Crippen LogP contribution in [0.15, 0.2) is 0 Å². The number of nitrogens with zero attached hydrogens (tertiary/aromatic N) is 1. The summed E-state index contributed by atoms with van der Waals surface area (Å²) >= 11 is 0. The van der Waals surface area contributed by atoms with Crippen LogP contribution in [0.1, 0.15) is 51.4 Å². The number of piperidine rings is 1. The molecule has 0 atom stereocenters. The van der Waals surface area contributed by atoms with Crippen LogP contribution in [0, 0.1) is 13.8 Å². The Labute approximate surface area is 111 Å². The predicted octanol–water partition coefficient (Wildman–Crippen LogP) is 1.46. The van der Waals surface area contributed by atoms with E-state index in [1.165, 1.54) is 6.42 Å². The van der Waals surface area contributed by atoms with E-state index < -0.39 is 5.97 Å². The van der Waals surface area contributed by atoms with Gasteiger partial charge in [-0.1, -0.05) is 6.42 Å². The van der Waals surface area contributed by atoms with E-state index in [4.69, 9.17) is 5.11 Å². The van der Waals surface area contributed by atoms with E-state index in [0.29, 0.717) is 16.8 Å². The number of rotatable bonds is 3. The van der Waals surface area contributed by atoms with Gasteiger partial charge in [-0.2, -0.15) is 0 Å². The monoisotopic (exact) mass is 265 g/mol. The van der Waals surface area contributed by atoms with Crippen molar-refractivity contribution in [2.45, 2.75) is 33.1 Å². The molecule has 19 heavy (non-hydrogen) atoms. The molecule has 6 heteroatoms. The standard InChI is InChI=1S/C13H19N3O3/c1-8-10(9(2)14-11(8)13(18)19)12(17)15-16-6-4-3-5-7-16/h14H,3-7H2,1-2H3,(H,15,17)(H,18,19). The maximum atomic E-state index is 12.2. The maximum absolute atomic E-state index is 12.2. The molecule has 1 aliphatic rings. The summed E-state index contributed by atoms with van der Waals surface area (Å²) in [4.78, 5) is 26.0. The Morgan fingerprint density at radius 2 is 1.84 bits per heavy atom. The Hall–Kier alpha value is -1.82. The quantitative estimate of drug-likeness (QED) is 0.772. The van der Waals surface area contributed by atoms with E-state index in [1.54, 1.807) is 13.8 Å². The van der Waals surface area contributed by atoms with E-state index in [0.717, 1.165) is 25.9 Å². The molecule has 2 rings (SSSR count). The number of amides is 1. The van der Waals surface area contributed by atoms with Crippen molar-refractivity contribution in [3.05, 3.63) is 22.5 Å². The molecule has 0 radical (unpaired) electrons. The summed E-state index contributed by atoms with van der Waals surface area (Å²) in [5.74, 6) is -1.28. The van der Waals surface area contributed by atoms with Crippen molar-refractivity contribution < 1.29 is 14.7 Å². The molecule has 1 saturated heterocycles. The molecule has 2 heterocycles. The predicted molar refractivity (Wildman–Crippen MR) is 70.1 cm³/mol. The van der Waals surface area contributed by atoms with Crippen LogP contribution >= 0.6 is 0 Å². The molecule has 6 nitrogen and oxygen atoms in total. The van der Waals surface area contributed by atoms with Crippen molar-refractivity contribution in [3.8, 4) is 0 Å². The van der Waals surface area contributed by atoms with E-state index in [-0.39, 0.29) is 11.6 Å². The lowest BCUT2D eigenvalue weighted by Gasteiger charge is -2.26. The first-order valence-corrected chi connectivity index (χ1v) is 6.49. The zero-order valence-corrected chi connectivity index (χ0v) is 11.2. The van der Waals surface area contributed by atoms with Gasteiger partial charge in [0.25, 0.3) is 5.91 Å². The van der Waals surface area contributed by atoms with Gasteiger partial charge in [0.05, 0.1) is 5.56 Å². The summed E-state index contributed by atoms with van der Waals surface area (Å²) in [7, 11) is 0. The highest BCUT2D eigenvalue weighted by Gasteiger charge is 2.23. The number of carboxylic acids is 1. The number of aromatic nitrogens is 1. The van der Waals surface area contributed by atoms with Crippen molar-refractivity contribution in [2.75, 3.05) is 13.1 Å². The first-order valence-electron chi connectivity index (χ1n) is 6.49. The number of carboxylic acid groups (broad SMARTS) is 1. The Kier molecular flexibility index (Phi) is 3.90. The molecule has 0 bridgehead atoms. The molecule has 0 aromatic carbocycles. The number of nitrogens with one attached hydrogen (secondary N) is 2. The Morgan fingerprint density at radius 3 is 2.37 bits per heavy atom. The van der Waals surface area contributed by atoms with Crippen LogP contribution in [0.25, 0.3) is 0 Å². The van der Waals surface area contributed by atoms with Crippen molar-refractivity contribution in [1.29, 1.82) is 0 Å². The molecule has 3 N–H and O–H groups in total. The summed E-state index contributed by atoms with van der Waals surface area (Å²) in [6.45, 7) is 5.06. The van der Waals surface area contributed by atoms with E-state index >= 15 is 0 Å². The third-order valence-electron chi connectivity index (χ3n) is 3.49. The van der Waals surface area contributed by atoms with Crippen LogP contribution in [0.3, 0.4) is 0 Å². The van der Waals surface area contributed by atoms with Crippen LogP contribution in [0.2, 0.25) is 0 Å². The third-order valence-corrected chi connectivity index (χ3v) is 3.49. The fourth-order valence-corrected chi connectivity index (χ4v) is 2.51. The van der Waals surface area contributed by atoms with Gasteiger partial charge in [0, 0.05) is 18.8 Å². The highest BCUT2D eigenvalue weighted by atomic mass is 16.4. The third kappa shape index (κ3) is 2.78. The highest BCUT2D eigenvalue weighted by Crippen LogP contribution is 2.18. The summed E-state index contributed by atoms with van der Waals surface area (Å²) in [6.07, 6.45) is 3.34. The van der Waals surface area contributed by atoms with Gasteiger partial charge in [-0.25, -0.2) is 9.80 Å². The van der Waals surface area contributed by atoms with E-state index in [9.17, 15) is 9.59 Å². The lowest BCUT2D eigenvalue weighted by molar-refractivity contribution is 0.0690. The van der Waals surface area contributed by atoms with Gasteiger partial charge in [-0.15, -0.1) is 0 Å². The molecule has 0 unspecified atom stereocenters. The molecule has 1 aromatic heterocycles. The summed E-state index contributed by atoms with van der Waals surface area (Å²) in [5, 5.41) is 10.9. The number of hydrazine groups is 1. The number of H-pyrrole nitrogens is 1. The van der Waals surface area contributed by atoms with Crippen LogP contribution < -0.4 is 5.43 Å². The molecular weight excluding hydrogens is 246 g/mol. The SMILES string of the molecule is Cc1[nH]c(C(=O)O)c(C)c1C(=O)NN1CCCCC1. The molecule has 0 spiro atoms. The molecular formula is C13H19N3O3. The van der Waals surface area contributed by atoms with Gasteiger partial charge in [0.15, 0.2) is 0 Å². The average Bonchev–Trinajstić information content (AvgIpc) is 2.66. The average molecular weight is 265 g/mol. The molecule has 1 aromatic rings. The fraction of sp³-hybridized carbons (Fsp3) is 0.538. The second-order valence-corrected chi connectivity index (χ2v) is 4.92. The van der Waals surface area contributed by atoms with Gasteiger partial charge >= 0.3 is 5.97 Å². The van der Waals surface area contributed by atoms with Gasteiger partial charge in [0.2, 0.25) is 0 Å². The van der Waals surface area contributed by atoms with Crippen molar-refractivity contribution in [3.63, 3.8) is 0 Å². The van der Waals surface area contributed by atoms with E-state index in [1.807, 2.05) is 5.01 Å². The molecule has 0 aliphatic carbocycles. The molecule has 1 amide bonds. The van der Waals surface area contributed by atoms with Gasteiger partial charge in [0.1, 0.15) is 5.69 Å². The Bertz CT molecular complexity index is 501. The van der Waals surface area contributed by atoms with Gasteiger partial charge < -0.3 is 10.1 Å². The normalized spacial score (nSPS) is 16.3. The summed E-state index contributed by atoms with van der Waals surface area (Å²) in [6, 6.07) is 0.